The van der Waals surface area contributed by atoms with Gasteiger partial charge in [-0.2, -0.15) is 0 Å². The maximum atomic E-state index is 13.1. The number of hydrogen-bond donors (Lipinski definition) is 1. The minimum atomic E-state index is -0.422. The molecule has 0 saturated carbocycles. The number of carbonyl (C=O) groups is 3. The van der Waals surface area contributed by atoms with Crippen LogP contribution in [0.25, 0.3) is 0 Å². The predicted octanol–water partition coefficient (Wildman–Crippen LogP) is 3.48. The number of likely N-dealkylation sites (N-methyl/N-ethyl adjacent to an activating group) is 1. The standard InChI is InChI=1S/C29H32N4O5S/c1-18-7-8-21-12-26(18)38-23-6-4-5-20(11-23)16-37-25-9-10-33(28(35)13-22-17-39-19(2)30-22)14-24(25)31-27(34)15-32(3)29(21)36/h4-8,11-12,17,24-25H,9-10,13-16H2,1-3H3,(H,31,34)/t24-,25+/m0/s1. The summed E-state index contributed by atoms with van der Waals surface area (Å²) < 4.78 is 12.4. The molecule has 10 heteroatoms. The highest BCUT2D eigenvalue weighted by Crippen LogP contribution is 2.28. The maximum Gasteiger partial charge on any atom is 0.254 e. The van der Waals surface area contributed by atoms with Crippen molar-refractivity contribution in [1.29, 1.82) is 0 Å². The minimum absolute atomic E-state index is 0.0348. The highest BCUT2D eigenvalue weighted by atomic mass is 32.1. The van der Waals surface area contributed by atoms with Crippen LogP contribution in [0, 0.1) is 13.8 Å². The normalized spacial score (nSPS) is 20.2. The summed E-state index contributed by atoms with van der Waals surface area (Å²) >= 11 is 1.52. The number of amides is 3. The Kier molecular flexibility index (Phi) is 7.94. The molecule has 0 aliphatic carbocycles. The molecule has 204 valence electrons. The molecule has 9 nitrogen and oxygen atoms in total. The van der Waals surface area contributed by atoms with E-state index >= 15 is 0 Å². The van der Waals surface area contributed by atoms with E-state index in [0.717, 1.165) is 21.8 Å². The zero-order valence-corrected chi connectivity index (χ0v) is 23.1. The molecular formula is C29H32N4O5S. The van der Waals surface area contributed by atoms with Gasteiger partial charge >= 0.3 is 0 Å². The fourth-order valence-corrected chi connectivity index (χ4v) is 5.50. The number of fused-ring (bicyclic) bond motifs is 5. The second kappa shape index (κ2) is 11.5. The summed E-state index contributed by atoms with van der Waals surface area (Å²) in [5, 5.41) is 5.86. The molecule has 0 radical (unpaired) electrons. The first-order valence-electron chi connectivity index (χ1n) is 13.0. The maximum absolute atomic E-state index is 13.1. The largest absolute Gasteiger partial charge is 0.457 e. The second-order valence-electron chi connectivity index (χ2n) is 10.1. The van der Waals surface area contributed by atoms with Crippen LogP contribution in [-0.4, -0.2) is 71.3 Å². The monoisotopic (exact) mass is 548 g/mol. The molecule has 1 aromatic heterocycles. The highest BCUT2D eigenvalue weighted by Gasteiger charge is 2.34. The molecular weight excluding hydrogens is 516 g/mol. The van der Waals surface area contributed by atoms with Crippen LogP contribution in [0.2, 0.25) is 0 Å². The van der Waals surface area contributed by atoms with E-state index in [1.807, 2.05) is 49.6 Å². The molecule has 0 spiro atoms. The number of hydrogen-bond acceptors (Lipinski definition) is 7. The lowest BCUT2D eigenvalue weighted by atomic mass is 10.0. The molecule has 1 saturated heterocycles. The van der Waals surface area contributed by atoms with Gasteiger partial charge in [-0.3, -0.25) is 14.4 Å². The van der Waals surface area contributed by atoms with Gasteiger partial charge in [-0.15, -0.1) is 11.3 Å². The Morgan fingerprint density at radius 2 is 2.03 bits per heavy atom. The summed E-state index contributed by atoms with van der Waals surface area (Å²) in [7, 11) is 1.59. The predicted molar refractivity (Wildman–Crippen MR) is 147 cm³/mol. The first kappa shape index (κ1) is 26.8. The number of likely N-dealkylation sites (tertiary alicyclic amines) is 1. The molecule has 2 aliphatic heterocycles. The number of aromatic nitrogens is 1. The summed E-state index contributed by atoms with van der Waals surface area (Å²) in [5.41, 5.74) is 3.00. The van der Waals surface area contributed by atoms with Crippen molar-refractivity contribution in [2.24, 2.45) is 0 Å². The minimum Gasteiger partial charge on any atom is -0.457 e. The molecule has 4 bridgehead atoms. The van der Waals surface area contributed by atoms with Gasteiger partial charge in [0.05, 0.1) is 42.4 Å². The van der Waals surface area contributed by atoms with E-state index < -0.39 is 6.04 Å². The van der Waals surface area contributed by atoms with Crippen LogP contribution in [-0.2, 0) is 27.4 Å². The molecule has 39 heavy (non-hydrogen) atoms. The molecule has 3 amide bonds. The van der Waals surface area contributed by atoms with Crippen molar-refractivity contribution < 1.29 is 23.9 Å². The Hall–Kier alpha value is -3.76. The lowest BCUT2D eigenvalue weighted by Gasteiger charge is -2.39. The number of nitrogens with one attached hydrogen (secondary N) is 1. The van der Waals surface area contributed by atoms with Crippen LogP contribution in [0.15, 0.2) is 47.8 Å². The van der Waals surface area contributed by atoms with Crippen LogP contribution in [0.4, 0.5) is 0 Å². The quantitative estimate of drug-likeness (QED) is 0.526. The van der Waals surface area contributed by atoms with Crippen LogP contribution in [0.3, 0.4) is 0 Å². The summed E-state index contributed by atoms with van der Waals surface area (Å²) in [6, 6.07) is 12.5. The van der Waals surface area contributed by atoms with Gasteiger partial charge in [0, 0.05) is 31.1 Å². The third-order valence-corrected chi connectivity index (χ3v) is 7.82. The van der Waals surface area contributed by atoms with Gasteiger partial charge in [-0.1, -0.05) is 18.2 Å². The van der Waals surface area contributed by atoms with Crippen molar-refractivity contribution in [3.8, 4) is 11.5 Å². The Labute approximate surface area is 231 Å². The number of rotatable bonds is 2. The smallest absolute Gasteiger partial charge is 0.254 e. The molecule has 5 rings (SSSR count). The molecule has 3 heterocycles. The average molecular weight is 549 g/mol. The van der Waals surface area contributed by atoms with Gasteiger partial charge in [-0.05, 0) is 55.7 Å². The fourth-order valence-electron chi connectivity index (χ4n) is 4.88. The van der Waals surface area contributed by atoms with E-state index in [2.05, 4.69) is 10.3 Å². The summed E-state index contributed by atoms with van der Waals surface area (Å²) in [6.07, 6.45) is 0.494. The Morgan fingerprint density at radius 3 is 2.82 bits per heavy atom. The average Bonchev–Trinajstić information content (AvgIpc) is 3.32. The van der Waals surface area contributed by atoms with Crippen LogP contribution in [0.1, 0.15) is 38.6 Å². The Balaban J connectivity index is 1.38. The lowest BCUT2D eigenvalue weighted by Crippen LogP contribution is -2.58. The molecule has 2 atom stereocenters. The highest BCUT2D eigenvalue weighted by molar-refractivity contribution is 7.09. The van der Waals surface area contributed by atoms with Gasteiger partial charge in [0.2, 0.25) is 11.8 Å². The van der Waals surface area contributed by atoms with E-state index in [1.54, 1.807) is 24.1 Å². The van der Waals surface area contributed by atoms with E-state index in [-0.39, 0.29) is 36.8 Å². The summed E-state index contributed by atoms with van der Waals surface area (Å²) in [4.78, 5) is 46.8. The topological polar surface area (TPSA) is 101 Å². The third kappa shape index (κ3) is 6.46. The van der Waals surface area contributed by atoms with Gasteiger partial charge < -0.3 is 24.6 Å². The van der Waals surface area contributed by atoms with Gasteiger partial charge in [-0.25, -0.2) is 4.98 Å². The van der Waals surface area contributed by atoms with Gasteiger partial charge in [0.1, 0.15) is 11.5 Å². The SMILES string of the molecule is Cc1nc(CC(=O)N2CC[C@H]3OCc4cccc(c4)Oc4cc(ccc4C)C(=O)N(C)CC(=O)N[C@H]3C2)cs1. The second-order valence-corrected chi connectivity index (χ2v) is 11.1. The number of aryl methyl sites for hydroxylation is 2. The third-order valence-electron chi connectivity index (χ3n) is 7.00. The number of benzene rings is 2. The number of ether oxygens (including phenoxy) is 2. The van der Waals surface area contributed by atoms with E-state index in [1.165, 1.54) is 16.2 Å². The zero-order chi connectivity index (χ0) is 27.5. The van der Waals surface area contributed by atoms with Crippen LogP contribution in [0.5, 0.6) is 11.5 Å². The zero-order valence-electron chi connectivity index (χ0n) is 22.3. The Bertz CT molecular complexity index is 1390. The molecule has 1 N–H and O–H groups in total. The van der Waals surface area contributed by atoms with E-state index in [0.29, 0.717) is 43.2 Å². The number of thiazole rings is 1. The van der Waals surface area contributed by atoms with Gasteiger partial charge in [0.15, 0.2) is 0 Å². The fraction of sp³-hybridized carbons (Fsp3) is 0.379. The van der Waals surface area contributed by atoms with Crippen LogP contribution < -0.4 is 10.1 Å². The van der Waals surface area contributed by atoms with Crippen molar-refractivity contribution in [2.45, 2.75) is 45.4 Å². The number of carbonyl (C=O) groups excluding carboxylic acids is 3. The first-order chi connectivity index (χ1) is 18.7. The molecule has 0 unspecified atom stereocenters. The van der Waals surface area contributed by atoms with Gasteiger partial charge in [0.25, 0.3) is 5.91 Å². The van der Waals surface area contributed by atoms with Crippen molar-refractivity contribution in [3.63, 3.8) is 0 Å². The van der Waals surface area contributed by atoms with Crippen molar-refractivity contribution in [1.82, 2.24) is 20.1 Å². The summed E-state index contributed by atoms with van der Waals surface area (Å²) in [6.45, 7) is 4.88. The van der Waals surface area contributed by atoms with E-state index in [4.69, 9.17) is 9.47 Å². The molecule has 1 fully saturated rings. The van der Waals surface area contributed by atoms with Crippen molar-refractivity contribution in [3.05, 3.63) is 75.2 Å². The number of piperidine rings is 1. The Morgan fingerprint density at radius 1 is 1.18 bits per heavy atom. The lowest BCUT2D eigenvalue weighted by molar-refractivity contribution is -0.136. The first-order valence-corrected chi connectivity index (χ1v) is 13.9. The van der Waals surface area contributed by atoms with Crippen molar-refractivity contribution in [2.75, 3.05) is 26.7 Å². The molecule has 2 aliphatic rings. The van der Waals surface area contributed by atoms with Crippen LogP contribution >= 0.6 is 11.3 Å². The molecule has 2 aromatic carbocycles. The number of nitrogens with zero attached hydrogens (tertiary/aromatic N) is 3. The molecule has 3 aromatic rings. The van der Waals surface area contributed by atoms with E-state index in [9.17, 15) is 14.4 Å². The van der Waals surface area contributed by atoms with Crippen molar-refractivity contribution >= 4 is 29.1 Å². The summed E-state index contributed by atoms with van der Waals surface area (Å²) in [5.74, 6) is 0.585.